The van der Waals surface area contributed by atoms with E-state index in [2.05, 4.69) is 5.32 Å². The highest BCUT2D eigenvalue weighted by atomic mass is 16.6. The molecule has 8 nitrogen and oxygen atoms in total. The summed E-state index contributed by atoms with van der Waals surface area (Å²) in [6, 6.07) is 3.79. The van der Waals surface area contributed by atoms with Gasteiger partial charge in [0, 0.05) is 11.3 Å². The SMILES string of the molecule is CCOC(=O)C1(C(=O)OCC)c2cc(OC)ccc2NC1/C=C/C(=O)[O-]. The van der Waals surface area contributed by atoms with Gasteiger partial charge in [0.05, 0.1) is 32.3 Å². The second-order valence-electron chi connectivity index (χ2n) is 5.46. The van der Waals surface area contributed by atoms with Crippen LogP contribution in [0, 0.1) is 0 Å². The first kappa shape index (κ1) is 19.3. The summed E-state index contributed by atoms with van der Waals surface area (Å²) >= 11 is 0. The number of esters is 2. The van der Waals surface area contributed by atoms with Crippen molar-refractivity contribution in [2.24, 2.45) is 0 Å². The van der Waals surface area contributed by atoms with E-state index in [1.54, 1.807) is 26.0 Å². The van der Waals surface area contributed by atoms with Gasteiger partial charge in [-0.25, -0.2) is 0 Å². The summed E-state index contributed by atoms with van der Waals surface area (Å²) in [5, 5.41) is 13.8. The molecule has 2 rings (SSSR count). The summed E-state index contributed by atoms with van der Waals surface area (Å²) < 4.78 is 15.5. The zero-order valence-electron chi connectivity index (χ0n) is 14.7. The molecular formula is C18H20NO7-. The van der Waals surface area contributed by atoms with Crippen molar-refractivity contribution in [3.05, 3.63) is 35.9 Å². The molecule has 1 N–H and O–H groups in total. The highest BCUT2D eigenvalue weighted by Crippen LogP contribution is 2.45. The average Bonchev–Trinajstić information content (AvgIpc) is 2.94. The molecule has 0 fully saturated rings. The first-order valence-corrected chi connectivity index (χ1v) is 8.10. The molecule has 1 aromatic rings. The molecule has 1 atom stereocenters. The van der Waals surface area contributed by atoms with Crippen molar-refractivity contribution in [3.8, 4) is 5.75 Å². The molecule has 1 aromatic carbocycles. The third kappa shape index (κ3) is 3.22. The van der Waals surface area contributed by atoms with E-state index in [9.17, 15) is 19.5 Å². The molecule has 1 heterocycles. The van der Waals surface area contributed by atoms with Crippen LogP contribution in [0.25, 0.3) is 0 Å². The Bertz CT molecular complexity index is 723. The lowest BCUT2D eigenvalue weighted by Crippen LogP contribution is -2.53. The van der Waals surface area contributed by atoms with Crippen LogP contribution < -0.4 is 15.2 Å². The van der Waals surface area contributed by atoms with Gasteiger partial charge in [0.25, 0.3) is 0 Å². The Hall–Kier alpha value is -3.03. The molecule has 0 amide bonds. The molecular weight excluding hydrogens is 342 g/mol. The normalized spacial score (nSPS) is 17.3. The number of methoxy groups -OCH3 is 1. The van der Waals surface area contributed by atoms with E-state index in [0.717, 1.165) is 6.08 Å². The summed E-state index contributed by atoms with van der Waals surface area (Å²) in [5.41, 5.74) is -1.14. The minimum absolute atomic E-state index is 0.0379. The maximum absolute atomic E-state index is 12.9. The van der Waals surface area contributed by atoms with E-state index in [1.165, 1.54) is 19.3 Å². The van der Waals surface area contributed by atoms with Crippen LogP contribution in [0.15, 0.2) is 30.4 Å². The predicted molar refractivity (Wildman–Crippen MR) is 89.5 cm³/mol. The fourth-order valence-electron chi connectivity index (χ4n) is 2.96. The van der Waals surface area contributed by atoms with Crippen LogP contribution in [-0.4, -0.2) is 44.3 Å². The van der Waals surface area contributed by atoms with E-state index in [1.807, 2.05) is 0 Å². The molecule has 0 saturated carbocycles. The summed E-state index contributed by atoms with van der Waals surface area (Å²) in [6.07, 6.45) is 1.93. The van der Waals surface area contributed by atoms with Crippen LogP contribution in [0.5, 0.6) is 5.75 Å². The summed E-state index contributed by atoms with van der Waals surface area (Å²) in [4.78, 5) is 36.7. The summed E-state index contributed by atoms with van der Waals surface area (Å²) in [6.45, 7) is 3.29. The molecule has 140 valence electrons. The average molecular weight is 362 g/mol. The largest absolute Gasteiger partial charge is 0.545 e. The van der Waals surface area contributed by atoms with Crippen molar-refractivity contribution >= 4 is 23.6 Å². The molecule has 1 aliphatic rings. The molecule has 0 radical (unpaired) electrons. The Morgan fingerprint density at radius 1 is 1.19 bits per heavy atom. The Labute approximate surface area is 150 Å². The molecule has 1 aliphatic heterocycles. The number of nitrogens with one attached hydrogen (secondary N) is 1. The molecule has 0 saturated heterocycles. The van der Waals surface area contributed by atoms with E-state index >= 15 is 0 Å². The molecule has 0 spiro atoms. The Morgan fingerprint density at radius 2 is 1.81 bits per heavy atom. The van der Waals surface area contributed by atoms with Gasteiger partial charge in [0.15, 0.2) is 0 Å². The highest BCUT2D eigenvalue weighted by molar-refractivity contribution is 6.11. The van der Waals surface area contributed by atoms with Crippen molar-refractivity contribution in [2.75, 3.05) is 25.6 Å². The minimum Gasteiger partial charge on any atom is -0.545 e. The number of carbonyl (C=O) groups is 3. The first-order chi connectivity index (χ1) is 12.4. The van der Waals surface area contributed by atoms with Crippen LogP contribution in [-0.2, 0) is 29.3 Å². The van der Waals surface area contributed by atoms with Gasteiger partial charge in [-0.05, 0) is 38.1 Å². The van der Waals surface area contributed by atoms with Gasteiger partial charge < -0.3 is 29.4 Å². The predicted octanol–water partition coefficient (Wildman–Crippen LogP) is 0.159. The van der Waals surface area contributed by atoms with Gasteiger partial charge in [0.1, 0.15) is 5.75 Å². The van der Waals surface area contributed by atoms with E-state index < -0.39 is 29.4 Å². The first-order valence-electron chi connectivity index (χ1n) is 8.10. The number of carboxylic acids is 1. The van der Waals surface area contributed by atoms with Gasteiger partial charge >= 0.3 is 11.9 Å². The van der Waals surface area contributed by atoms with Crippen LogP contribution in [0.2, 0.25) is 0 Å². The zero-order chi connectivity index (χ0) is 19.3. The minimum atomic E-state index is -1.90. The maximum Gasteiger partial charge on any atom is 0.330 e. The number of hydrogen-bond acceptors (Lipinski definition) is 8. The van der Waals surface area contributed by atoms with Crippen LogP contribution in [0.3, 0.4) is 0 Å². The van der Waals surface area contributed by atoms with Gasteiger partial charge in [-0.3, -0.25) is 9.59 Å². The van der Waals surface area contributed by atoms with Gasteiger partial charge in [-0.2, -0.15) is 0 Å². The number of anilines is 1. The Morgan fingerprint density at radius 3 is 2.31 bits per heavy atom. The number of carbonyl (C=O) groups excluding carboxylic acids is 3. The molecule has 8 heteroatoms. The number of ether oxygens (including phenoxy) is 3. The van der Waals surface area contributed by atoms with E-state index in [-0.39, 0.29) is 13.2 Å². The van der Waals surface area contributed by atoms with Crippen molar-refractivity contribution in [2.45, 2.75) is 25.3 Å². The second-order valence-corrected chi connectivity index (χ2v) is 5.46. The van der Waals surface area contributed by atoms with Crippen molar-refractivity contribution in [3.63, 3.8) is 0 Å². The third-order valence-corrected chi connectivity index (χ3v) is 4.05. The second kappa shape index (κ2) is 7.90. The molecule has 1 unspecified atom stereocenters. The molecule has 0 bridgehead atoms. The number of aliphatic carboxylic acids is 1. The fraction of sp³-hybridized carbons (Fsp3) is 0.389. The maximum atomic E-state index is 12.9. The van der Waals surface area contributed by atoms with Crippen molar-refractivity contribution < 1.29 is 33.7 Å². The van der Waals surface area contributed by atoms with Crippen molar-refractivity contribution in [1.82, 2.24) is 0 Å². The van der Waals surface area contributed by atoms with E-state index in [0.29, 0.717) is 17.0 Å². The van der Waals surface area contributed by atoms with Crippen LogP contribution in [0.4, 0.5) is 5.69 Å². The quantitative estimate of drug-likeness (QED) is 0.414. The monoisotopic (exact) mass is 362 g/mol. The Kier molecular flexibility index (Phi) is 5.86. The number of hydrogen-bond donors (Lipinski definition) is 1. The molecule has 26 heavy (non-hydrogen) atoms. The number of benzene rings is 1. The van der Waals surface area contributed by atoms with Crippen molar-refractivity contribution in [1.29, 1.82) is 0 Å². The van der Waals surface area contributed by atoms with Gasteiger partial charge in [0.2, 0.25) is 5.41 Å². The number of fused-ring (bicyclic) bond motifs is 1. The van der Waals surface area contributed by atoms with Crippen LogP contribution >= 0.6 is 0 Å². The van der Waals surface area contributed by atoms with Crippen LogP contribution in [0.1, 0.15) is 19.4 Å². The summed E-state index contributed by atoms with van der Waals surface area (Å²) in [5.74, 6) is -2.72. The lowest BCUT2D eigenvalue weighted by Gasteiger charge is -2.29. The third-order valence-electron chi connectivity index (χ3n) is 4.05. The topological polar surface area (TPSA) is 114 Å². The lowest BCUT2D eigenvalue weighted by molar-refractivity contribution is -0.297. The molecule has 0 aliphatic carbocycles. The lowest BCUT2D eigenvalue weighted by atomic mass is 9.76. The Balaban J connectivity index is 2.71. The van der Waals surface area contributed by atoms with E-state index in [4.69, 9.17) is 14.2 Å². The number of rotatable bonds is 7. The molecule has 0 aromatic heterocycles. The standard InChI is InChI=1S/C18H21NO7/c1-4-25-16(22)18(17(23)26-5-2)12-10-11(24-3)6-7-13(12)19-14(18)8-9-15(20)21/h6-10,14,19H,4-5H2,1-3H3,(H,20,21)/p-1/b9-8+. The number of carboxylic acid groups (broad SMARTS) is 1. The summed E-state index contributed by atoms with van der Waals surface area (Å²) in [7, 11) is 1.45. The van der Waals surface area contributed by atoms with Gasteiger partial charge in [-0.1, -0.05) is 6.08 Å². The smallest absolute Gasteiger partial charge is 0.330 e. The fourth-order valence-corrected chi connectivity index (χ4v) is 2.96. The van der Waals surface area contributed by atoms with Gasteiger partial charge in [-0.15, -0.1) is 0 Å². The zero-order valence-corrected chi connectivity index (χ0v) is 14.7. The highest BCUT2D eigenvalue weighted by Gasteiger charge is 2.60.